The van der Waals surface area contributed by atoms with Gasteiger partial charge in [0.05, 0.1) is 0 Å². The summed E-state index contributed by atoms with van der Waals surface area (Å²) in [6.45, 7) is 2.61. The molecule has 14 heavy (non-hydrogen) atoms. The Hall–Kier alpha value is -0.540. The summed E-state index contributed by atoms with van der Waals surface area (Å²) in [6, 6.07) is 0. The van der Waals surface area contributed by atoms with Gasteiger partial charge in [-0.05, 0) is 31.6 Å². The van der Waals surface area contributed by atoms with E-state index in [-0.39, 0.29) is 12.8 Å². The number of halogens is 3. The molecule has 1 aliphatic heterocycles. The first-order valence-corrected chi connectivity index (χ1v) is 5.06. The maximum absolute atomic E-state index is 12.7. The van der Waals surface area contributed by atoms with Crippen LogP contribution in [0.1, 0.15) is 32.6 Å². The van der Waals surface area contributed by atoms with Crippen LogP contribution in [0.4, 0.5) is 13.2 Å². The van der Waals surface area contributed by atoms with Crippen molar-refractivity contribution in [1.29, 1.82) is 0 Å². The first kappa shape index (κ1) is 9.99. The summed E-state index contributed by atoms with van der Waals surface area (Å²) in [7, 11) is 0. The number of nitrogens with zero attached hydrogens (tertiary/aromatic N) is 1. The first-order valence-electron chi connectivity index (χ1n) is 5.06. The van der Waals surface area contributed by atoms with Gasteiger partial charge in [-0.15, -0.1) is 0 Å². The van der Waals surface area contributed by atoms with E-state index in [2.05, 4.69) is 4.99 Å². The second kappa shape index (κ2) is 2.97. The van der Waals surface area contributed by atoms with Crippen molar-refractivity contribution in [2.75, 3.05) is 6.54 Å². The smallest absolute Gasteiger partial charge is 0.293 e. The van der Waals surface area contributed by atoms with Gasteiger partial charge in [-0.3, -0.25) is 4.99 Å². The Morgan fingerprint density at radius 3 is 2.36 bits per heavy atom. The largest absolute Gasteiger partial charge is 0.399 e. The van der Waals surface area contributed by atoms with Crippen LogP contribution < -0.4 is 0 Å². The van der Waals surface area contributed by atoms with Crippen LogP contribution in [0.15, 0.2) is 4.99 Å². The first-order chi connectivity index (χ1) is 6.46. The van der Waals surface area contributed by atoms with E-state index in [1.807, 2.05) is 6.92 Å². The van der Waals surface area contributed by atoms with E-state index in [1.54, 1.807) is 0 Å². The van der Waals surface area contributed by atoms with E-state index in [9.17, 15) is 13.2 Å². The average Bonchev–Trinajstić information content (AvgIpc) is 2.84. The molecular weight excluding hydrogens is 191 g/mol. The minimum Gasteiger partial charge on any atom is -0.293 e. The Bertz CT molecular complexity index is 263. The Labute approximate surface area is 81.4 Å². The Morgan fingerprint density at radius 1 is 1.36 bits per heavy atom. The molecule has 0 aromatic heterocycles. The standard InChI is InChI=1S/C10H14F3N/c1-7-2-3-8(14-6-7)9(4-5-9)10(11,12)13/h7H,2-6H2,1H3. The lowest BCUT2D eigenvalue weighted by Gasteiger charge is -2.26. The fourth-order valence-corrected chi connectivity index (χ4v) is 2.07. The van der Waals surface area contributed by atoms with Crippen LogP contribution in [0.5, 0.6) is 0 Å². The van der Waals surface area contributed by atoms with Crippen LogP contribution in [-0.2, 0) is 0 Å². The van der Waals surface area contributed by atoms with E-state index in [0.717, 1.165) is 6.42 Å². The fraction of sp³-hybridized carbons (Fsp3) is 0.900. The highest BCUT2D eigenvalue weighted by molar-refractivity contribution is 5.93. The molecule has 1 unspecified atom stereocenters. The number of hydrogen-bond donors (Lipinski definition) is 0. The molecule has 0 aromatic rings. The van der Waals surface area contributed by atoms with Crippen LogP contribution in [0.3, 0.4) is 0 Å². The highest BCUT2D eigenvalue weighted by atomic mass is 19.4. The molecule has 2 rings (SSSR count). The van der Waals surface area contributed by atoms with Crippen molar-refractivity contribution in [3.05, 3.63) is 0 Å². The van der Waals surface area contributed by atoms with Gasteiger partial charge in [0, 0.05) is 12.3 Å². The number of rotatable bonds is 1. The van der Waals surface area contributed by atoms with Gasteiger partial charge in [0.25, 0.3) is 0 Å². The summed E-state index contributed by atoms with van der Waals surface area (Å²) in [5.41, 5.74) is -1.09. The van der Waals surface area contributed by atoms with E-state index >= 15 is 0 Å². The third-order valence-corrected chi connectivity index (χ3v) is 3.31. The minimum atomic E-state index is -4.08. The van der Waals surface area contributed by atoms with Crippen molar-refractivity contribution in [2.24, 2.45) is 16.3 Å². The molecule has 0 bridgehead atoms. The van der Waals surface area contributed by atoms with Crippen LogP contribution in [0, 0.1) is 11.3 Å². The van der Waals surface area contributed by atoms with Crippen molar-refractivity contribution < 1.29 is 13.2 Å². The van der Waals surface area contributed by atoms with Gasteiger partial charge in [-0.25, -0.2) is 0 Å². The second-order valence-electron chi connectivity index (χ2n) is 4.51. The van der Waals surface area contributed by atoms with E-state index < -0.39 is 11.6 Å². The molecule has 0 aromatic carbocycles. The van der Waals surface area contributed by atoms with E-state index in [1.165, 1.54) is 0 Å². The van der Waals surface area contributed by atoms with Crippen molar-refractivity contribution in [2.45, 2.75) is 38.8 Å². The van der Waals surface area contributed by atoms with Gasteiger partial charge in [0.2, 0.25) is 0 Å². The lowest BCUT2D eigenvalue weighted by atomic mass is 9.89. The van der Waals surface area contributed by atoms with Gasteiger partial charge < -0.3 is 0 Å². The molecule has 1 heterocycles. The minimum absolute atomic E-state index is 0.254. The zero-order chi connectivity index (χ0) is 10.4. The fourth-order valence-electron chi connectivity index (χ4n) is 2.07. The van der Waals surface area contributed by atoms with Crippen molar-refractivity contribution in [3.63, 3.8) is 0 Å². The molecule has 0 saturated heterocycles. The molecule has 0 radical (unpaired) electrons. The third kappa shape index (κ3) is 1.44. The van der Waals surface area contributed by atoms with Crippen LogP contribution in [0.25, 0.3) is 0 Å². The predicted octanol–water partition coefficient (Wildman–Crippen LogP) is 3.20. The maximum Gasteiger partial charge on any atom is 0.399 e. The highest BCUT2D eigenvalue weighted by Gasteiger charge is 2.66. The lowest BCUT2D eigenvalue weighted by molar-refractivity contribution is -0.166. The van der Waals surface area contributed by atoms with E-state index in [4.69, 9.17) is 0 Å². The van der Waals surface area contributed by atoms with Crippen LogP contribution in [0.2, 0.25) is 0 Å². The van der Waals surface area contributed by atoms with Crippen molar-refractivity contribution in [3.8, 4) is 0 Å². The topological polar surface area (TPSA) is 12.4 Å². The lowest BCUT2D eigenvalue weighted by Crippen LogP contribution is -2.35. The molecule has 2 aliphatic rings. The molecule has 1 atom stereocenters. The molecule has 0 amide bonds. The number of hydrogen-bond acceptors (Lipinski definition) is 1. The zero-order valence-corrected chi connectivity index (χ0v) is 8.19. The van der Waals surface area contributed by atoms with Crippen molar-refractivity contribution in [1.82, 2.24) is 0 Å². The maximum atomic E-state index is 12.7. The highest BCUT2D eigenvalue weighted by Crippen LogP contribution is 2.59. The Balaban J connectivity index is 2.16. The van der Waals surface area contributed by atoms with Gasteiger partial charge in [0.15, 0.2) is 0 Å². The summed E-state index contributed by atoms with van der Waals surface area (Å²) in [5.74, 6) is 0.447. The summed E-state index contributed by atoms with van der Waals surface area (Å²) in [4.78, 5) is 4.11. The monoisotopic (exact) mass is 205 g/mol. The summed E-state index contributed by atoms with van der Waals surface area (Å²) in [5, 5.41) is 0. The van der Waals surface area contributed by atoms with E-state index in [0.29, 0.717) is 24.6 Å². The zero-order valence-electron chi connectivity index (χ0n) is 8.19. The quantitative estimate of drug-likeness (QED) is 0.623. The van der Waals surface area contributed by atoms with Gasteiger partial charge in [-0.2, -0.15) is 13.2 Å². The van der Waals surface area contributed by atoms with Gasteiger partial charge >= 0.3 is 6.18 Å². The summed E-state index contributed by atoms with van der Waals surface area (Å²) in [6.07, 6.45) is -2.17. The average molecular weight is 205 g/mol. The molecule has 1 nitrogen and oxygen atoms in total. The number of alkyl halides is 3. The molecule has 0 spiro atoms. The molecule has 4 heteroatoms. The van der Waals surface area contributed by atoms with Crippen molar-refractivity contribution >= 4 is 5.71 Å². The molecule has 1 saturated carbocycles. The van der Waals surface area contributed by atoms with Crippen LogP contribution >= 0.6 is 0 Å². The summed E-state index contributed by atoms with van der Waals surface area (Å²) >= 11 is 0. The Morgan fingerprint density at radius 2 is 2.00 bits per heavy atom. The molecule has 0 N–H and O–H groups in total. The third-order valence-electron chi connectivity index (χ3n) is 3.31. The SMILES string of the molecule is CC1CCC(C2(C(F)(F)F)CC2)=NC1. The van der Waals surface area contributed by atoms with Gasteiger partial charge in [-0.1, -0.05) is 6.92 Å². The number of aliphatic imine (C=N–C) groups is 1. The van der Waals surface area contributed by atoms with Gasteiger partial charge in [0.1, 0.15) is 5.41 Å². The molecule has 1 aliphatic carbocycles. The molecular formula is C10H14F3N. The second-order valence-corrected chi connectivity index (χ2v) is 4.51. The molecule has 1 fully saturated rings. The normalized spacial score (nSPS) is 31.1. The molecule has 80 valence electrons. The van der Waals surface area contributed by atoms with Crippen LogP contribution in [-0.4, -0.2) is 18.4 Å². The Kier molecular flexibility index (Phi) is 2.12. The summed E-state index contributed by atoms with van der Waals surface area (Å²) < 4.78 is 38.1. The predicted molar refractivity (Wildman–Crippen MR) is 48.4 cm³/mol.